The van der Waals surface area contributed by atoms with Gasteiger partial charge in [-0.25, -0.2) is 8.42 Å². The van der Waals surface area contributed by atoms with E-state index in [9.17, 15) is 13.2 Å². The molecule has 1 saturated carbocycles. The Balaban J connectivity index is 1.69. The van der Waals surface area contributed by atoms with Crippen LogP contribution in [0.1, 0.15) is 34.3 Å². The predicted octanol–water partition coefficient (Wildman–Crippen LogP) is 2.57. The highest BCUT2D eigenvalue weighted by Crippen LogP contribution is 2.32. The van der Waals surface area contributed by atoms with Crippen molar-refractivity contribution in [3.63, 3.8) is 0 Å². The maximum absolute atomic E-state index is 12.5. The number of rotatable bonds is 7. The highest BCUT2D eigenvalue weighted by molar-refractivity contribution is 7.92. The number of benzene rings is 2. The van der Waals surface area contributed by atoms with Crippen molar-refractivity contribution in [2.45, 2.75) is 37.6 Å². The molecule has 0 saturated heterocycles. The van der Waals surface area contributed by atoms with Gasteiger partial charge in [-0.05, 0) is 80.1 Å². The predicted molar refractivity (Wildman–Crippen MR) is 106 cm³/mol. The summed E-state index contributed by atoms with van der Waals surface area (Å²) in [6.07, 6.45) is 2.20. The summed E-state index contributed by atoms with van der Waals surface area (Å²) in [6, 6.07) is 11.4. The van der Waals surface area contributed by atoms with E-state index in [0.29, 0.717) is 23.7 Å². The van der Waals surface area contributed by atoms with E-state index in [0.717, 1.165) is 24.0 Å². The van der Waals surface area contributed by atoms with Crippen LogP contribution in [-0.4, -0.2) is 26.9 Å². The monoisotopic (exact) mass is 387 g/mol. The lowest BCUT2D eigenvalue weighted by Crippen LogP contribution is -2.41. The minimum absolute atomic E-state index is 0.000422. The van der Waals surface area contributed by atoms with Crippen molar-refractivity contribution in [1.29, 1.82) is 0 Å². The number of hydrogen-bond donors (Lipinski definition) is 3. The maximum Gasteiger partial charge on any atom is 0.261 e. The molecule has 1 unspecified atom stereocenters. The Labute approximate surface area is 160 Å². The van der Waals surface area contributed by atoms with E-state index < -0.39 is 10.0 Å². The van der Waals surface area contributed by atoms with E-state index >= 15 is 0 Å². The van der Waals surface area contributed by atoms with Gasteiger partial charge in [0.1, 0.15) is 0 Å². The molecule has 4 N–H and O–H groups in total. The summed E-state index contributed by atoms with van der Waals surface area (Å²) in [7, 11) is -3.68. The topological polar surface area (TPSA) is 101 Å². The molecule has 144 valence electrons. The van der Waals surface area contributed by atoms with Gasteiger partial charge in [0.2, 0.25) is 0 Å². The molecule has 6 nitrogen and oxygen atoms in total. The van der Waals surface area contributed by atoms with Crippen LogP contribution in [0.5, 0.6) is 0 Å². The lowest BCUT2D eigenvalue weighted by atomic mass is 10.1. The van der Waals surface area contributed by atoms with Crippen molar-refractivity contribution in [2.24, 2.45) is 11.7 Å². The fourth-order valence-corrected chi connectivity index (χ4v) is 4.05. The Morgan fingerprint density at radius 1 is 1.11 bits per heavy atom. The molecule has 27 heavy (non-hydrogen) atoms. The van der Waals surface area contributed by atoms with Crippen LogP contribution >= 0.6 is 0 Å². The summed E-state index contributed by atoms with van der Waals surface area (Å²) < 4.78 is 27.6. The van der Waals surface area contributed by atoms with Gasteiger partial charge in [-0.15, -0.1) is 0 Å². The van der Waals surface area contributed by atoms with Gasteiger partial charge >= 0.3 is 0 Å². The molecule has 0 heterocycles. The van der Waals surface area contributed by atoms with Crippen LogP contribution in [0, 0.1) is 19.8 Å². The van der Waals surface area contributed by atoms with Gasteiger partial charge in [0.15, 0.2) is 0 Å². The number of nitrogens with two attached hydrogens (primary N) is 1. The second-order valence-corrected chi connectivity index (χ2v) is 8.76. The summed E-state index contributed by atoms with van der Waals surface area (Å²) >= 11 is 0. The van der Waals surface area contributed by atoms with Gasteiger partial charge in [0.05, 0.1) is 4.90 Å². The molecule has 0 aromatic heterocycles. The van der Waals surface area contributed by atoms with Gasteiger partial charge in [-0.1, -0.05) is 6.07 Å². The minimum Gasteiger partial charge on any atom is -0.348 e. The normalized spacial score (nSPS) is 15.2. The van der Waals surface area contributed by atoms with Crippen LogP contribution in [0.25, 0.3) is 0 Å². The Bertz CT molecular complexity index is 935. The zero-order valence-electron chi connectivity index (χ0n) is 15.5. The van der Waals surface area contributed by atoms with Crippen LogP contribution in [0.2, 0.25) is 0 Å². The third-order valence-corrected chi connectivity index (χ3v) is 6.33. The smallest absolute Gasteiger partial charge is 0.261 e. The summed E-state index contributed by atoms with van der Waals surface area (Å²) in [5.74, 6) is 0.281. The zero-order valence-corrected chi connectivity index (χ0v) is 16.3. The van der Waals surface area contributed by atoms with Crippen molar-refractivity contribution in [2.75, 3.05) is 11.3 Å². The van der Waals surface area contributed by atoms with Crippen LogP contribution in [0.4, 0.5) is 5.69 Å². The Morgan fingerprint density at radius 2 is 1.78 bits per heavy atom. The first-order valence-electron chi connectivity index (χ1n) is 9.01. The van der Waals surface area contributed by atoms with Gasteiger partial charge in [0.25, 0.3) is 15.9 Å². The van der Waals surface area contributed by atoms with Crippen molar-refractivity contribution < 1.29 is 13.2 Å². The van der Waals surface area contributed by atoms with Crippen molar-refractivity contribution >= 4 is 21.6 Å². The molecule has 2 aromatic rings. The molecule has 0 bridgehead atoms. The molecule has 2 aromatic carbocycles. The number of aryl methyl sites for hydroxylation is 2. The maximum atomic E-state index is 12.5. The molecule has 1 aliphatic rings. The van der Waals surface area contributed by atoms with E-state index in [1.807, 2.05) is 13.8 Å². The number of nitrogens with one attached hydrogen (secondary N) is 2. The van der Waals surface area contributed by atoms with Crippen LogP contribution in [0.15, 0.2) is 47.4 Å². The quantitative estimate of drug-likeness (QED) is 0.679. The second-order valence-electron chi connectivity index (χ2n) is 7.08. The Hall–Kier alpha value is -2.38. The van der Waals surface area contributed by atoms with Gasteiger partial charge < -0.3 is 11.1 Å². The number of anilines is 1. The number of amides is 1. The second kappa shape index (κ2) is 7.70. The van der Waals surface area contributed by atoms with Gasteiger partial charge in [-0.2, -0.15) is 0 Å². The third-order valence-electron chi connectivity index (χ3n) is 4.95. The molecule has 1 amide bonds. The molecule has 0 aliphatic heterocycles. The molecular formula is C20H25N3O3S. The van der Waals surface area contributed by atoms with Crippen molar-refractivity contribution in [3.05, 3.63) is 59.2 Å². The number of hydrogen-bond acceptors (Lipinski definition) is 4. The lowest BCUT2D eigenvalue weighted by molar-refractivity contribution is 0.0933. The zero-order chi connectivity index (χ0) is 19.6. The third kappa shape index (κ3) is 4.67. The molecular weight excluding hydrogens is 362 g/mol. The Kier molecular flexibility index (Phi) is 5.53. The Morgan fingerprint density at radius 3 is 2.33 bits per heavy atom. The van der Waals surface area contributed by atoms with E-state index in [-0.39, 0.29) is 16.8 Å². The van der Waals surface area contributed by atoms with E-state index in [4.69, 9.17) is 5.73 Å². The van der Waals surface area contributed by atoms with E-state index in [1.54, 1.807) is 42.5 Å². The molecule has 3 rings (SSSR count). The number of carbonyl (C=O) groups is 1. The highest BCUT2D eigenvalue weighted by atomic mass is 32.2. The SMILES string of the molecule is Cc1ccc(S(=O)(=O)Nc2ccc(C(=O)NC(CN)C3CC3)cc2)cc1C. The summed E-state index contributed by atoms with van der Waals surface area (Å²) in [6.45, 7) is 4.23. The van der Waals surface area contributed by atoms with Gasteiger partial charge in [-0.3, -0.25) is 9.52 Å². The number of carbonyl (C=O) groups excluding carboxylic acids is 1. The molecule has 7 heteroatoms. The molecule has 1 atom stereocenters. The van der Waals surface area contributed by atoms with Crippen LogP contribution < -0.4 is 15.8 Å². The van der Waals surface area contributed by atoms with E-state index in [2.05, 4.69) is 10.0 Å². The standard InChI is InChI=1S/C20H25N3O3S/c1-13-3-10-18(11-14(13)2)27(25,26)23-17-8-6-16(7-9-17)20(24)22-19(12-21)15-4-5-15/h3,6-11,15,19,23H,4-5,12,21H2,1-2H3,(H,22,24). The van der Waals surface area contributed by atoms with Crippen LogP contribution in [-0.2, 0) is 10.0 Å². The fraction of sp³-hybridized carbons (Fsp3) is 0.350. The lowest BCUT2D eigenvalue weighted by Gasteiger charge is -2.16. The first-order valence-corrected chi connectivity index (χ1v) is 10.5. The molecule has 0 radical (unpaired) electrons. The van der Waals surface area contributed by atoms with Crippen molar-refractivity contribution in [1.82, 2.24) is 5.32 Å². The largest absolute Gasteiger partial charge is 0.348 e. The highest BCUT2D eigenvalue weighted by Gasteiger charge is 2.31. The summed E-state index contributed by atoms with van der Waals surface area (Å²) in [5, 5.41) is 2.95. The average Bonchev–Trinajstić information content (AvgIpc) is 3.47. The minimum atomic E-state index is -3.68. The first kappa shape index (κ1) is 19.4. The molecule has 1 fully saturated rings. The first-order chi connectivity index (χ1) is 12.8. The fourth-order valence-electron chi connectivity index (χ4n) is 2.90. The van der Waals surface area contributed by atoms with Crippen molar-refractivity contribution in [3.8, 4) is 0 Å². The molecule has 0 spiro atoms. The summed E-state index contributed by atoms with van der Waals surface area (Å²) in [5.41, 5.74) is 8.54. The number of sulfonamides is 1. The molecule has 1 aliphatic carbocycles. The summed E-state index contributed by atoms with van der Waals surface area (Å²) in [4.78, 5) is 12.5. The average molecular weight is 388 g/mol. The van der Waals surface area contributed by atoms with Gasteiger partial charge in [0, 0.05) is 23.8 Å². The van der Waals surface area contributed by atoms with Crippen LogP contribution in [0.3, 0.4) is 0 Å². The van der Waals surface area contributed by atoms with E-state index in [1.165, 1.54) is 0 Å².